The molecule has 2 rings (SSSR count). The van der Waals surface area contributed by atoms with Crippen LogP contribution in [-0.4, -0.2) is 51.5 Å². The Morgan fingerprint density at radius 2 is 2.26 bits per heavy atom. The average Bonchev–Trinajstić information content (AvgIpc) is 3.21. The van der Waals surface area contributed by atoms with Crippen LogP contribution in [0.15, 0.2) is 24.3 Å². The van der Waals surface area contributed by atoms with Crippen LogP contribution in [0.5, 0.6) is 11.5 Å². The normalized spacial score (nSPS) is 15.9. The van der Waals surface area contributed by atoms with Gasteiger partial charge in [0, 0.05) is 19.2 Å². The van der Waals surface area contributed by atoms with Gasteiger partial charge < -0.3 is 24.3 Å². The first-order valence-electron chi connectivity index (χ1n) is 8.53. The SMILES string of the molecule is COc1cc(C=CC(=O)OCC(=O)NCC2CCCO2)ccc1OCC#N. The van der Waals surface area contributed by atoms with Gasteiger partial charge in [0.25, 0.3) is 5.91 Å². The van der Waals surface area contributed by atoms with Crippen LogP contribution in [0, 0.1) is 11.3 Å². The van der Waals surface area contributed by atoms with Gasteiger partial charge in [-0.2, -0.15) is 5.26 Å². The van der Waals surface area contributed by atoms with Crippen LogP contribution in [0.3, 0.4) is 0 Å². The summed E-state index contributed by atoms with van der Waals surface area (Å²) in [6.07, 6.45) is 4.71. The topological polar surface area (TPSA) is 107 Å². The van der Waals surface area contributed by atoms with Crippen molar-refractivity contribution in [1.29, 1.82) is 5.26 Å². The fraction of sp³-hybridized carbons (Fsp3) is 0.421. The van der Waals surface area contributed by atoms with Gasteiger partial charge in [-0.1, -0.05) is 6.07 Å². The lowest BCUT2D eigenvalue weighted by molar-refractivity contribution is -0.143. The predicted octanol–water partition coefficient (Wildman–Crippen LogP) is 1.45. The summed E-state index contributed by atoms with van der Waals surface area (Å²) in [5.74, 6) is -0.130. The number of esters is 1. The van der Waals surface area contributed by atoms with Crippen molar-refractivity contribution in [3.8, 4) is 17.6 Å². The van der Waals surface area contributed by atoms with Crippen molar-refractivity contribution < 1.29 is 28.5 Å². The van der Waals surface area contributed by atoms with Gasteiger partial charge in [-0.3, -0.25) is 4.79 Å². The highest BCUT2D eigenvalue weighted by atomic mass is 16.5. The lowest BCUT2D eigenvalue weighted by Crippen LogP contribution is -2.34. The van der Waals surface area contributed by atoms with Crippen molar-refractivity contribution in [2.45, 2.75) is 18.9 Å². The summed E-state index contributed by atoms with van der Waals surface area (Å²) in [6, 6.07) is 6.88. The smallest absolute Gasteiger partial charge is 0.331 e. The van der Waals surface area contributed by atoms with E-state index in [0.717, 1.165) is 19.4 Å². The zero-order valence-corrected chi connectivity index (χ0v) is 15.1. The number of hydrogen-bond donors (Lipinski definition) is 1. The highest BCUT2D eigenvalue weighted by molar-refractivity contribution is 5.89. The first-order valence-corrected chi connectivity index (χ1v) is 8.53. The minimum atomic E-state index is -0.633. The number of carbonyl (C=O) groups is 2. The molecule has 1 aromatic carbocycles. The van der Waals surface area contributed by atoms with Crippen LogP contribution in [0.4, 0.5) is 0 Å². The summed E-state index contributed by atoms with van der Waals surface area (Å²) in [5, 5.41) is 11.2. The second kappa shape index (κ2) is 10.8. The number of methoxy groups -OCH3 is 1. The van der Waals surface area contributed by atoms with Crippen molar-refractivity contribution in [3.63, 3.8) is 0 Å². The van der Waals surface area contributed by atoms with E-state index in [1.165, 1.54) is 19.3 Å². The molecule has 1 saturated heterocycles. The number of carbonyl (C=O) groups excluding carboxylic acids is 2. The van der Waals surface area contributed by atoms with E-state index in [1.807, 2.05) is 6.07 Å². The maximum atomic E-state index is 11.7. The Kier molecular flexibility index (Phi) is 8.13. The zero-order valence-electron chi connectivity index (χ0n) is 15.1. The molecule has 1 amide bonds. The van der Waals surface area contributed by atoms with Crippen molar-refractivity contribution >= 4 is 18.0 Å². The second-order valence-electron chi connectivity index (χ2n) is 5.74. The molecule has 0 saturated carbocycles. The molecule has 8 nitrogen and oxygen atoms in total. The minimum absolute atomic E-state index is 0.0413. The van der Waals surface area contributed by atoms with E-state index in [9.17, 15) is 9.59 Å². The summed E-state index contributed by atoms with van der Waals surface area (Å²) in [4.78, 5) is 23.4. The molecule has 1 atom stereocenters. The molecule has 0 bridgehead atoms. The third kappa shape index (κ3) is 6.99. The van der Waals surface area contributed by atoms with Crippen molar-refractivity contribution in [2.75, 3.05) is 33.5 Å². The fourth-order valence-electron chi connectivity index (χ4n) is 2.45. The van der Waals surface area contributed by atoms with E-state index in [2.05, 4.69) is 5.32 Å². The number of hydrogen-bond acceptors (Lipinski definition) is 7. The molecule has 27 heavy (non-hydrogen) atoms. The Hall–Kier alpha value is -3.05. The predicted molar refractivity (Wildman–Crippen MR) is 96.1 cm³/mol. The molecule has 144 valence electrons. The van der Waals surface area contributed by atoms with E-state index in [-0.39, 0.29) is 25.2 Å². The van der Waals surface area contributed by atoms with Gasteiger partial charge >= 0.3 is 5.97 Å². The second-order valence-corrected chi connectivity index (χ2v) is 5.74. The quantitative estimate of drug-likeness (QED) is 0.515. The molecular formula is C19H22N2O6. The molecule has 1 heterocycles. The largest absolute Gasteiger partial charge is 0.493 e. The molecule has 1 aliphatic heterocycles. The van der Waals surface area contributed by atoms with E-state index < -0.39 is 5.97 Å². The standard InChI is InChI=1S/C19H22N2O6/c1-24-17-11-14(4-6-16(17)26-10-8-20)5-7-19(23)27-13-18(22)21-12-15-3-2-9-25-15/h4-7,11,15H,2-3,9-10,12-13H2,1H3,(H,21,22). The van der Waals surface area contributed by atoms with Crippen LogP contribution in [0.1, 0.15) is 18.4 Å². The van der Waals surface area contributed by atoms with Crippen molar-refractivity contribution in [1.82, 2.24) is 5.32 Å². The lowest BCUT2D eigenvalue weighted by Gasteiger charge is -2.10. The maximum absolute atomic E-state index is 11.7. The van der Waals surface area contributed by atoms with Gasteiger partial charge in [-0.15, -0.1) is 0 Å². The lowest BCUT2D eigenvalue weighted by atomic mass is 10.2. The molecule has 1 aromatic rings. The Bertz CT molecular complexity index is 719. The number of nitrogens with one attached hydrogen (secondary N) is 1. The van der Waals surface area contributed by atoms with E-state index in [1.54, 1.807) is 18.2 Å². The number of nitriles is 1. The summed E-state index contributed by atoms with van der Waals surface area (Å²) >= 11 is 0. The first kappa shape index (κ1) is 20.3. The van der Waals surface area contributed by atoms with E-state index in [4.69, 9.17) is 24.2 Å². The number of ether oxygens (including phenoxy) is 4. The molecule has 1 unspecified atom stereocenters. The maximum Gasteiger partial charge on any atom is 0.331 e. The fourth-order valence-corrected chi connectivity index (χ4v) is 2.45. The number of rotatable bonds is 9. The molecule has 1 aliphatic rings. The van der Waals surface area contributed by atoms with Crippen molar-refractivity contribution in [2.24, 2.45) is 0 Å². The van der Waals surface area contributed by atoms with Gasteiger partial charge in [-0.25, -0.2) is 4.79 Å². The summed E-state index contributed by atoms with van der Waals surface area (Å²) < 4.78 is 20.7. The highest BCUT2D eigenvalue weighted by Crippen LogP contribution is 2.28. The molecule has 1 fully saturated rings. The van der Waals surface area contributed by atoms with Gasteiger partial charge in [0.2, 0.25) is 0 Å². The molecule has 8 heteroatoms. The number of amides is 1. The van der Waals surface area contributed by atoms with E-state index >= 15 is 0 Å². The summed E-state index contributed by atoms with van der Waals surface area (Å²) in [6.45, 7) is 0.704. The first-order chi connectivity index (χ1) is 13.1. The molecule has 0 spiro atoms. The Morgan fingerprint density at radius 3 is 2.96 bits per heavy atom. The molecule has 0 aliphatic carbocycles. The monoisotopic (exact) mass is 374 g/mol. The Morgan fingerprint density at radius 1 is 1.41 bits per heavy atom. The van der Waals surface area contributed by atoms with Gasteiger partial charge in [0.05, 0.1) is 13.2 Å². The van der Waals surface area contributed by atoms with Crippen LogP contribution in [0.25, 0.3) is 6.08 Å². The summed E-state index contributed by atoms with van der Waals surface area (Å²) in [5.41, 5.74) is 0.677. The van der Waals surface area contributed by atoms with E-state index in [0.29, 0.717) is 23.6 Å². The third-order valence-corrected chi connectivity index (χ3v) is 3.79. The minimum Gasteiger partial charge on any atom is -0.493 e. The molecule has 0 aromatic heterocycles. The van der Waals surface area contributed by atoms with Crippen LogP contribution >= 0.6 is 0 Å². The number of nitrogens with zero attached hydrogens (tertiary/aromatic N) is 1. The van der Waals surface area contributed by atoms with Gasteiger partial charge in [0.15, 0.2) is 24.7 Å². The van der Waals surface area contributed by atoms with Crippen LogP contribution in [0.2, 0.25) is 0 Å². The highest BCUT2D eigenvalue weighted by Gasteiger charge is 2.16. The Labute approximate surface area is 157 Å². The molecule has 1 N–H and O–H groups in total. The number of benzene rings is 1. The van der Waals surface area contributed by atoms with Crippen LogP contribution in [-0.2, 0) is 19.1 Å². The van der Waals surface area contributed by atoms with Gasteiger partial charge in [0.1, 0.15) is 6.07 Å². The third-order valence-electron chi connectivity index (χ3n) is 3.79. The van der Waals surface area contributed by atoms with Crippen LogP contribution < -0.4 is 14.8 Å². The van der Waals surface area contributed by atoms with Gasteiger partial charge in [-0.05, 0) is 36.6 Å². The molecule has 0 radical (unpaired) electrons. The Balaban J connectivity index is 1.78. The summed E-state index contributed by atoms with van der Waals surface area (Å²) in [7, 11) is 1.48. The van der Waals surface area contributed by atoms with Crippen molar-refractivity contribution in [3.05, 3.63) is 29.8 Å². The molecular weight excluding hydrogens is 352 g/mol. The average molecular weight is 374 g/mol. The zero-order chi connectivity index (χ0) is 19.5.